The van der Waals surface area contributed by atoms with Crippen LogP contribution in [0.4, 0.5) is 5.69 Å². The third kappa shape index (κ3) is 3.43. The second kappa shape index (κ2) is 7.67. The SMILES string of the molecule is Cc1cccc(NC(=O)CN(C)C(=O)c2oc3c(ccc4ccccc43)c2C)c1C. The van der Waals surface area contributed by atoms with Gasteiger partial charge in [0.05, 0.1) is 6.54 Å². The number of nitrogens with zero attached hydrogens (tertiary/aromatic N) is 1. The van der Waals surface area contributed by atoms with Gasteiger partial charge in [-0.15, -0.1) is 0 Å². The van der Waals surface area contributed by atoms with E-state index in [4.69, 9.17) is 4.42 Å². The Bertz CT molecular complexity index is 1290. The fraction of sp³-hybridized carbons (Fsp3) is 0.200. The number of rotatable bonds is 4. The number of hydrogen-bond donors (Lipinski definition) is 1. The molecule has 0 atom stereocenters. The smallest absolute Gasteiger partial charge is 0.290 e. The molecule has 0 unspecified atom stereocenters. The van der Waals surface area contributed by atoms with Crippen LogP contribution in [0.25, 0.3) is 21.7 Å². The lowest BCUT2D eigenvalue weighted by Crippen LogP contribution is -2.35. The minimum Gasteiger partial charge on any atom is -0.450 e. The number of carbonyl (C=O) groups excluding carboxylic acids is 2. The number of nitrogens with one attached hydrogen (secondary N) is 1. The maximum Gasteiger partial charge on any atom is 0.290 e. The topological polar surface area (TPSA) is 62.6 Å². The minimum atomic E-state index is -0.316. The predicted molar refractivity (Wildman–Crippen MR) is 120 cm³/mol. The number of fused-ring (bicyclic) bond motifs is 3. The lowest BCUT2D eigenvalue weighted by molar-refractivity contribution is -0.116. The van der Waals surface area contributed by atoms with E-state index in [1.165, 1.54) is 4.90 Å². The molecule has 1 N–H and O–H groups in total. The molecule has 5 nitrogen and oxygen atoms in total. The first kappa shape index (κ1) is 19.7. The highest BCUT2D eigenvalue weighted by Crippen LogP contribution is 2.32. The van der Waals surface area contributed by atoms with Crippen LogP contribution in [0.15, 0.2) is 59.0 Å². The maximum atomic E-state index is 13.0. The molecule has 5 heteroatoms. The number of likely N-dealkylation sites (N-methyl/N-ethyl adjacent to an activating group) is 1. The number of carbonyl (C=O) groups is 2. The number of hydrogen-bond acceptors (Lipinski definition) is 3. The summed E-state index contributed by atoms with van der Waals surface area (Å²) in [6, 6.07) is 17.7. The number of benzene rings is 3. The molecule has 0 fully saturated rings. The third-order valence-electron chi connectivity index (χ3n) is 5.63. The quantitative estimate of drug-likeness (QED) is 0.511. The highest BCUT2D eigenvalue weighted by molar-refractivity contribution is 6.09. The summed E-state index contributed by atoms with van der Waals surface area (Å²) >= 11 is 0. The van der Waals surface area contributed by atoms with E-state index in [2.05, 4.69) is 5.32 Å². The molecule has 0 saturated heterocycles. The zero-order chi connectivity index (χ0) is 21.4. The summed E-state index contributed by atoms with van der Waals surface area (Å²) < 4.78 is 6.01. The van der Waals surface area contributed by atoms with Gasteiger partial charge in [0.1, 0.15) is 5.58 Å². The first-order valence-corrected chi connectivity index (χ1v) is 9.89. The van der Waals surface area contributed by atoms with Gasteiger partial charge in [0.25, 0.3) is 5.91 Å². The van der Waals surface area contributed by atoms with Gasteiger partial charge in [-0.3, -0.25) is 9.59 Å². The summed E-state index contributed by atoms with van der Waals surface area (Å²) in [5.41, 5.74) is 4.35. The van der Waals surface area contributed by atoms with Crippen LogP contribution in [-0.2, 0) is 4.79 Å². The Balaban J connectivity index is 1.57. The number of furan rings is 1. The number of amides is 2. The molecule has 0 radical (unpaired) electrons. The number of aryl methyl sites for hydroxylation is 2. The molecule has 0 spiro atoms. The molecule has 1 heterocycles. The zero-order valence-corrected chi connectivity index (χ0v) is 17.6. The van der Waals surface area contributed by atoms with Crippen LogP contribution in [0.3, 0.4) is 0 Å². The largest absolute Gasteiger partial charge is 0.450 e. The lowest BCUT2D eigenvalue weighted by atomic mass is 10.1. The van der Waals surface area contributed by atoms with E-state index in [1.807, 2.05) is 75.4 Å². The van der Waals surface area contributed by atoms with Crippen molar-refractivity contribution in [3.05, 3.63) is 77.0 Å². The summed E-state index contributed by atoms with van der Waals surface area (Å²) in [5.74, 6) is -0.300. The zero-order valence-electron chi connectivity index (χ0n) is 17.6. The first-order chi connectivity index (χ1) is 14.4. The van der Waals surface area contributed by atoms with Crippen LogP contribution < -0.4 is 5.32 Å². The van der Waals surface area contributed by atoms with Gasteiger partial charge >= 0.3 is 0 Å². The van der Waals surface area contributed by atoms with Crippen LogP contribution in [0.5, 0.6) is 0 Å². The van der Waals surface area contributed by atoms with E-state index in [9.17, 15) is 9.59 Å². The van der Waals surface area contributed by atoms with Crippen LogP contribution >= 0.6 is 0 Å². The lowest BCUT2D eigenvalue weighted by Gasteiger charge is -2.17. The van der Waals surface area contributed by atoms with E-state index in [0.717, 1.165) is 38.5 Å². The van der Waals surface area contributed by atoms with Gasteiger partial charge in [0, 0.05) is 29.1 Å². The minimum absolute atomic E-state index is 0.0660. The molecule has 0 aliphatic rings. The number of anilines is 1. The van der Waals surface area contributed by atoms with Crippen molar-refractivity contribution in [2.45, 2.75) is 20.8 Å². The average molecular weight is 400 g/mol. The monoisotopic (exact) mass is 400 g/mol. The van der Waals surface area contributed by atoms with Gasteiger partial charge in [0.2, 0.25) is 5.91 Å². The molecule has 0 aliphatic heterocycles. The standard InChI is InChI=1S/C25H24N2O3/c1-15-8-7-11-21(16(15)2)26-22(28)14-27(4)25(29)23-17(3)19-13-12-18-9-5-6-10-20(18)24(19)30-23/h5-13H,14H2,1-4H3,(H,26,28). The van der Waals surface area contributed by atoms with Gasteiger partial charge in [-0.2, -0.15) is 0 Å². The fourth-order valence-electron chi connectivity index (χ4n) is 3.69. The first-order valence-electron chi connectivity index (χ1n) is 9.89. The second-order valence-electron chi connectivity index (χ2n) is 7.68. The summed E-state index contributed by atoms with van der Waals surface area (Å²) in [6.07, 6.45) is 0. The van der Waals surface area contributed by atoms with Crippen molar-refractivity contribution in [2.75, 3.05) is 18.9 Å². The molecule has 2 amide bonds. The molecular weight excluding hydrogens is 376 g/mol. The highest BCUT2D eigenvalue weighted by atomic mass is 16.3. The van der Waals surface area contributed by atoms with E-state index in [1.54, 1.807) is 7.05 Å². The van der Waals surface area contributed by atoms with Crippen LogP contribution in [0, 0.1) is 20.8 Å². The van der Waals surface area contributed by atoms with Crippen molar-refractivity contribution in [3.8, 4) is 0 Å². The molecule has 1 aromatic heterocycles. The molecule has 0 saturated carbocycles. The van der Waals surface area contributed by atoms with E-state index in [-0.39, 0.29) is 24.1 Å². The predicted octanol–water partition coefficient (Wildman–Crippen LogP) is 5.22. The van der Waals surface area contributed by atoms with Crippen molar-refractivity contribution in [1.82, 2.24) is 4.90 Å². The van der Waals surface area contributed by atoms with Gasteiger partial charge in [-0.1, -0.05) is 48.5 Å². The van der Waals surface area contributed by atoms with Crippen LogP contribution in [0.1, 0.15) is 27.2 Å². The Hall–Kier alpha value is -3.60. The Morgan fingerprint density at radius 3 is 2.47 bits per heavy atom. The highest BCUT2D eigenvalue weighted by Gasteiger charge is 2.23. The van der Waals surface area contributed by atoms with Crippen molar-refractivity contribution in [2.24, 2.45) is 0 Å². The second-order valence-corrected chi connectivity index (χ2v) is 7.68. The molecule has 0 aliphatic carbocycles. The molecule has 4 rings (SSSR count). The summed E-state index contributed by atoms with van der Waals surface area (Å²) in [4.78, 5) is 26.9. The van der Waals surface area contributed by atoms with E-state index in [0.29, 0.717) is 5.58 Å². The summed E-state index contributed by atoms with van der Waals surface area (Å²) in [7, 11) is 1.61. The van der Waals surface area contributed by atoms with Gasteiger partial charge < -0.3 is 14.6 Å². The van der Waals surface area contributed by atoms with Gasteiger partial charge in [-0.25, -0.2) is 0 Å². The Kier molecular flexibility index (Phi) is 5.04. The third-order valence-corrected chi connectivity index (χ3v) is 5.63. The van der Waals surface area contributed by atoms with E-state index >= 15 is 0 Å². The summed E-state index contributed by atoms with van der Waals surface area (Å²) in [6.45, 7) is 5.76. The molecule has 3 aromatic carbocycles. The Morgan fingerprint density at radius 2 is 1.67 bits per heavy atom. The fourth-order valence-corrected chi connectivity index (χ4v) is 3.69. The van der Waals surface area contributed by atoms with Crippen molar-refractivity contribution >= 4 is 39.2 Å². The molecule has 152 valence electrons. The van der Waals surface area contributed by atoms with Crippen LogP contribution in [-0.4, -0.2) is 30.3 Å². The molecule has 4 aromatic rings. The maximum absolute atomic E-state index is 13.0. The normalized spacial score (nSPS) is 11.1. The van der Waals surface area contributed by atoms with Crippen molar-refractivity contribution < 1.29 is 14.0 Å². The van der Waals surface area contributed by atoms with Crippen molar-refractivity contribution in [1.29, 1.82) is 0 Å². The Morgan fingerprint density at radius 1 is 0.900 bits per heavy atom. The molecule has 0 bridgehead atoms. The van der Waals surface area contributed by atoms with Gasteiger partial charge in [0.15, 0.2) is 5.76 Å². The Labute approximate surface area is 175 Å². The van der Waals surface area contributed by atoms with Crippen molar-refractivity contribution in [3.63, 3.8) is 0 Å². The summed E-state index contributed by atoms with van der Waals surface area (Å²) in [5, 5.41) is 5.82. The van der Waals surface area contributed by atoms with Gasteiger partial charge in [-0.05, 0) is 43.4 Å². The molecule has 30 heavy (non-hydrogen) atoms. The van der Waals surface area contributed by atoms with E-state index < -0.39 is 0 Å². The molecular formula is C25H24N2O3. The van der Waals surface area contributed by atoms with Crippen LogP contribution in [0.2, 0.25) is 0 Å². The average Bonchev–Trinajstić information content (AvgIpc) is 3.07.